The summed E-state index contributed by atoms with van der Waals surface area (Å²) in [7, 11) is 1.90. The number of nitrogens with one attached hydrogen (secondary N) is 1. The van der Waals surface area contributed by atoms with Crippen molar-refractivity contribution in [2.45, 2.75) is 19.8 Å². The van der Waals surface area contributed by atoms with Crippen molar-refractivity contribution in [2.24, 2.45) is 12.8 Å². The minimum absolute atomic E-state index is 0.294. The molecule has 0 saturated carbocycles. The molecule has 25 heavy (non-hydrogen) atoms. The van der Waals surface area contributed by atoms with Gasteiger partial charge < -0.3 is 11.1 Å². The number of carbonyl (C=O) groups is 1. The number of anilines is 2. The number of primary amides is 1. The van der Waals surface area contributed by atoms with Crippen LogP contribution in [0.3, 0.4) is 0 Å². The van der Waals surface area contributed by atoms with Gasteiger partial charge in [0.2, 0.25) is 0 Å². The predicted octanol–water partition coefficient (Wildman–Crippen LogP) is 2.24. The summed E-state index contributed by atoms with van der Waals surface area (Å²) in [4.78, 5) is 24.2. The number of aryl methyl sites for hydroxylation is 1. The first-order valence-corrected chi connectivity index (χ1v) is 7.84. The van der Waals surface area contributed by atoms with Gasteiger partial charge in [-0.2, -0.15) is 5.10 Å². The Morgan fingerprint density at radius 2 is 2.08 bits per heavy atom. The van der Waals surface area contributed by atoms with E-state index in [1.165, 1.54) is 6.20 Å². The Labute approximate surface area is 145 Å². The topological polar surface area (TPSA) is 112 Å². The highest BCUT2D eigenvalue weighted by Gasteiger charge is 2.13. The van der Waals surface area contributed by atoms with Gasteiger partial charge in [-0.3, -0.25) is 14.5 Å². The molecule has 3 N–H and O–H groups in total. The van der Waals surface area contributed by atoms with Crippen LogP contribution in [-0.4, -0.2) is 30.6 Å². The van der Waals surface area contributed by atoms with Crippen LogP contribution in [0, 0.1) is 0 Å². The van der Waals surface area contributed by atoms with Gasteiger partial charge in [-0.05, 0) is 24.1 Å². The molecule has 3 aromatic heterocycles. The van der Waals surface area contributed by atoms with E-state index >= 15 is 0 Å². The van der Waals surface area contributed by atoms with Crippen LogP contribution in [-0.2, 0) is 7.05 Å². The third-order valence-electron chi connectivity index (χ3n) is 3.74. The van der Waals surface area contributed by atoms with E-state index in [9.17, 15) is 4.79 Å². The van der Waals surface area contributed by atoms with Crippen molar-refractivity contribution in [1.29, 1.82) is 0 Å². The molecule has 3 heterocycles. The molecule has 0 aliphatic carbocycles. The lowest BCUT2D eigenvalue weighted by Gasteiger charge is -2.09. The van der Waals surface area contributed by atoms with Gasteiger partial charge in [-0.25, -0.2) is 9.97 Å². The third kappa shape index (κ3) is 3.47. The fourth-order valence-electron chi connectivity index (χ4n) is 2.52. The van der Waals surface area contributed by atoms with Gasteiger partial charge in [-0.1, -0.05) is 13.8 Å². The molecule has 0 atom stereocenters. The molecule has 0 aromatic carbocycles. The van der Waals surface area contributed by atoms with Crippen molar-refractivity contribution in [3.8, 4) is 11.5 Å². The monoisotopic (exact) mass is 337 g/mol. The summed E-state index contributed by atoms with van der Waals surface area (Å²) in [5, 5.41) is 7.56. The molecule has 3 rings (SSSR count). The number of nitrogens with zero attached hydrogens (tertiary/aromatic N) is 5. The van der Waals surface area contributed by atoms with Crippen LogP contribution in [0.25, 0.3) is 11.5 Å². The minimum Gasteiger partial charge on any atom is -0.365 e. The predicted molar refractivity (Wildman–Crippen MR) is 94.4 cm³/mol. The molecule has 128 valence electrons. The van der Waals surface area contributed by atoms with Crippen LogP contribution < -0.4 is 11.1 Å². The Morgan fingerprint density at radius 3 is 2.76 bits per heavy atom. The zero-order chi connectivity index (χ0) is 18.0. The Balaban J connectivity index is 1.93. The third-order valence-corrected chi connectivity index (χ3v) is 3.74. The number of nitrogens with two attached hydrogens (primary N) is 1. The van der Waals surface area contributed by atoms with Crippen molar-refractivity contribution < 1.29 is 4.79 Å². The lowest BCUT2D eigenvalue weighted by molar-refractivity contribution is 0.100. The number of aromatic nitrogens is 5. The van der Waals surface area contributed by atoms with Crippen LogP contribution in [0.4, 0.5) is 11.5 Å². The van der Waals surface area contributed by atoms with Crippen molar-refractivity contribution in [3.05, 3.63) is 48.0 Å². The van der Waals surface area contributed by atoms with Gasteiger partial charge in [-0.15, -0.1) is 0 Å². The highest BCUT2D eigenvalue weighted by Crippen LogP contribution is 2.23. The highest BCUT2D eigenvalue weighted by molar-refractivity contribution is 5.98. The molecule has 3 aromatic rings. The zero-order valence-electron chi connectivity index (χ0n) is 14.3. The van der Waals surface area contributed by atoms with Crippen LogP contribution in [0.1, 0.15) is 35.8 Å². The fraction of sp³-hybridized carbons (Fsp3) is 0.235. The number of rotatable bonds is 5. The van der Waals surface area contributed by atoms with Crippen molar-refractivity contribution in [2.75, 3.05) is 5.32 Å². The normalized spacial score (nSPS) is 10.9. The number of carbonyl (C=O) groups excluding carboxylic acids is 1. The molecular formula is C17H19N7O. The quantitative estimate of drug-likeness (QED) is 0.738. The lowest BCUT2D eigenvalue weighted by Crippen LogP contribution is -2.13. The van der Waals surface area contributed by atoms with Gasteiger partial charge in [0.25, 0.3) is 5.91 Å². The van der Waals surface area contributed by atoms with E-state index in [-0.39, 0.29) is 0 Å². The fourth-order valence-corrected chi connectivity index (χ4v) is 2.52. The molecule has 0 saturated heterocycles. The molecule has 0 radical (unpaired) electrons. The second-order valence-corrected chi connectivity index (χ2v) is 5.91. The summed E-state index contributed by atoms with van der Waals surface area (Å²) in [6.45, 7) is 4.21. The Hall–Kier alpha value is -3.29. The van der Waals surface area contributed by atoms with Crippen LogP contribution in [0.2, 0.25) is 0 Å². The average Bonchev–Trinajstić information content (AvgIpc) is 2.97. The molecule has 8 nitrogen and oxygen atoms in total. The van der Waals surface area contributed by atoms with E-state index in [4.69, 9.17) is 5.73 Å². The maximum absolute atomic E-state index is 11.5. The van der Waals surface area contributed by atoms with Gasteiger partial charge in [0.1, 0.15) is 11.5 Å². The average molecular weight is 337 g/mol. The van der Waals surface area contributed by atoms with Gasteiger partial charge >= 0.3 is 0 Å². The lowest BCUT2D eigenvalue weighted by atomic mass is 10.1. The number of amides is 1. The van der Waals surface area contributed by atoms with Crippen LogP contribution in [0.15, 0.2) is 36.8 Å². The van der Waals surface area contributed by atoms with Crippen molar-refractivity contribution >= 4 is 17.4 Å². The summed E-state index contributed by atoms with van der Waals surface area (Å²) >= 11 is 0. The van der Waals surface area contributed by atoms with E-state index in [0.717, 1.165) is 5.69 Å². The van der Waals surface area contributed by atoms with Crippen LogP contribution in [0.5, 0.6) is 0 Å². The molecule has 0 spiro atoms. The second kappa shape index (κ2) is 6.68. The molecule has 0 fully saturated rings. The first-order valence-electron chi connectivity index (χ1n) is 7.84. The molecule has 0 aliphatic heterocycles. The molecule has 0 bridgehead atoms. The van der Waals surface area contributed by atoms with Crippen LogP contribution >= 0.6 is 0 Å². The molecule has 0 unspecified atom stereocenters. The van der Waals surface area contributed by atoms with E-state index in [2.05, 4.69) is 39.2 Å². The van der Waals surface area contributed by atoms with E-state index in [1.807, 2.05) is 17.8 Å². The minimum atomic E-state index is -0.559. The summed E-state index contributed by atoms with van der Waals surface area (Å²) in [5.74, 6) is 0.830. The Bertz CT molecular complexity index is 917. The van der Waals surface area contributed by atoms with E-state index in [0.29, 0.717) is 34.5 Å². The maximum Gasteiger partial charge on any atom is 0.252 e. The summed E-state index contributed by atoms with van der Waals surface area (Å²) in [6.07, 6.45) is 4.63. The standard InChI is InChI=1S/C17H19N7O/c1-10(2)14-8-13(23-24(14)3)17-20-7-5-15(22-17)21-12-4-6-19-9-11(12)16(18)25/h4-10H,1-3H3,(H2,18,25)(H,19,20,21,22). The first kappa shape index (κ1) is 16.6. The van der Waals surface area contributed by atoms with Crippen molar-refractivity contribution in [3.63, 3.8) is 0 Å². The van der Waals surface area contributed by atoms with Gasteiger partial charge in [0.15, 0.2) is 5.82 Å². The molecular weight excluding hydrogens is 318 g/mol. The zero-order valence-corrected chi connectivity index (χ0v) is 14.3. The number of pyridine rings is 1. The molecule has 1 amide bonds. The van der Waals surface area contributed by atoms with E-state index < -0.39 is 5.91 Å². The van der Waals surface area contributed by atoms with E-state index in [1.54, 1.807) is 24.5 Å². The summed E-state index contributed by atoms with van der Waals surface area (Å²) < 4.78 is 1.83. The number of hydrogen-bond donors (Lipinski definition) is 2. The SMILES string of the molecule is CC(C)c1cc(-c2nccc(Nc3ccncc3C(N)=O)n2)nn1C. The maximum atomic E-state index is 11.5. The Morgan fingerprint density at radius 1 is 1.28 bits per heavy atom. The summed E-state index contributed by atoms with van der Waals surface area (Å²) in [5.41, 5.74) is 8.00. The summed E-state index contributed by atoms with van der Waals surface area (Å²) in [6, 6.07) is 5.35. The van der Waals surface area contributed by atoms with Gasteiger partial charge in [0.05, 0.1) is 11.3 Å². The van der Waals surface area contributed by atoms with Gasteiger partial charge in [0, 0.05) is 31.3 Å². The largest absolute Gasteiger partial charge is 0.365 e. The highest BCUT2D eigenvalue weighted by atomic mass is 16.1. The first-order chi connectivity index (χ1) is 12.0. The Kier molecular flexibility index (Phi) is 4.42. The number of hydrogen-bond acceptors (Lipinski definition) is 6. The smallest absolute Gasteiger partial charge is 0.252 e. The molecule has 0 aliphatic rings. The molecule has 8 heteroatoms. The second-order valence-electron chi connectivity index (χ2n) is 5.91. The van der Waals surface area contributed by atoms with Crippen molar-refractivity contribution in [1.82, 2.24) is 24.7 Å².